The predicted octanol–water partition coefficient (Wildman–Crippen LogP) is 0.588. The Bertz CT molecular complexity index is 559. The molecule has 0 saturated heterocycles. The minimum atomic E-state index is -3.60. The summed E-state index contributed by atoms with van der Waals surface area (Å²) in [6, 6.07) is 5.47. The number of nitro benzene ring substituents is 1. The molecule has 116 valence electrons. The fourth-order valence-corrected chi connectivity index (χ4v) is 3.05. The Labute approximate surface area is 120 Å². The molecular formula is C11H16N3O6P. The van der Waals surface area contributed by atoms with Gasteiger partial charge in [-0.25, -0.2) is 0 Å². The van der Waals surface area contributed by atoms with Gasteiger partial charge in [0.15, 0.2) is 0 Å². The summed E-state index contributed by atoms with van der Waals surface area (Å²) in [5.41, 5.74) is 11.1. The van der Waals surface area contributed by atoms with E-state index in [2.05, 4.69) is 0 Å². The Kier molecular flexibility index (Phi) is 8.30. The molecule has 0 fully saturated rings. The van der Waals surface area contributed by atoms with Gasteiger partial charge in [0.05, 0.1) is 4.92 Å². The number of nitro groups is 1. The largest absolute Gasteiger partial charge is 0.373 e. The molecule has 0 saturated carbocycles. The van der Waals surface area contributed by atoms with Crippen molar-refractivity contribution in [3.05, 3.63) is 39.9 Å². The van der Waals surface area contributed by atoms with E-state index >= 15 is 0 Å². The van der Waals surface area contributed by atoms with Crippen LogP contribution < -0.4 is 11.5 Å². The maximum Gasteiger partial charge on any atom is 0.373 e. The van der Waals surface area contributed by atoms with Crippen molar-refractivity contribution in [2.45, 2.75) is 12.2 Å². The molecule has 0 heterocycles. The molecule has 1 rings (SSSR count). The molecule has 21 heavy (non-hydrogen) atoms. The van der Waals surface area contributed by atoms with Gasteiger partial charge in [-0.3, -0.25) is 14.7 Å². The molecule has 0 aliphatic carbocycles. The second-order valence-electron chi connectivity index (χ2n) is 4.00. The van der Waals surface area contributed by atoms with Crippen LogP contribution in [0.3, 0.4) is 0 Å². The van der Waals surface area contributed by atoms with Gasteiger partial charge in [-0.15, -0.1) is 0 Å². The molecule has 1 aromatic rings. The summed E-state index contributed by atoms with van der Waals surface area (Å²) in [4.78, 5) is 36.1. The lowest BCUT2D eigenvalue weighted by Crippen LogP contribution is -2.14. The zero-order valence-corrected chi connectivity index (χ0v) is 11.9. The average Bonchev–Trinajstić information content (AvgIpc) is 2.45. The summed E-state index contributed by atoms with van der Waals surface area (Å²) in [5.74, 6) is -1.12. The molecule has 10 heteroatoms. The first-order valence-corrected chi connectivity index (χ1v) is 7.72. The van der Waals surface area contributed by atoms with E-state index < -0.39 is 18.1 Å². The molecule has 2 unspecified atom stereocenters. The molecular weight excluding hydrogens is 301 g/mol. The highest BCUT2D eigenvalue weighted by atomic mass is 31.2. The van der Waals surface area contributed by atoms with Crippen molar-refractivity contribution >= 4 is 19.2 Å². The summed E-state index contributed by atoms with van der Waals surface area (Å²) in [7, 11) is -3.60. The summed E-state index contributed by atoms with van der Waals surface area (Å²) in [5, 5.41) is 10.6. The van der Waals surface area contributed by atoms with Crippen LogP contribution in [-0.2, 0) is 14.2 Å². The van der Waals surface area contributed by atoms with E-state index in [9.17, 15) is 19.6 Å². The van der Waals surface area contributed by atoms with Crippen molar-refractivity contribution in [3.63, 3.8) is 0 Å². The first-order valence-electron chi connectivity index (χ1n) is 5.81. The van der Waals surface area contributed by atoms with E-state index in [0.717, 1.165) is 0 Å². The fourth-order valence-electron chi connectivity index (χ4n) is 1.51. The molecule has 1 aromatic carbocycles. The van der Waals surface area contributed by atoms with Gasteiger partial charge in [-0.05, 0) is 18.5 Å². The van der Waals surface area contributed by atoms with Crippen LogP contribution in [0.4, 0.5) is 5.69 Å². The van der Waals surface area contributed by atoms with Crippen LogP contribution >= 0.6 is 7.37 Å². The highest BCUT2D eigenvalue weighted by Crippen LogP contribution is 2.52. The molecule has 2 atom stereocenters. The van der Waals surface area contributed by atoms with Crippen LogP contribution in [0.25, 0.3) is 0 Å². The lowest BCUT2D eigenvalue weighted by atomic mass is 10.2. The van der Waals surface area contributed by atoms with E-state index in [-0.39, 0.29) is 23.6 Å². The molecule has 5 N–H and O–H groups in total. The lowest BCUT2D eigenvalue weighted by Gasteiger charge is -2.19. The van der Waals surface area contributed by atoms with Crippen LogP contribution in [-0.4, -0.2) is 28.7 Å². The second kappa shape index (κ2) is 9.12. The van der Waals surface area contributed by atoms with Gasteiger partial charge in [0.2, 0.25) is 7.37 Å². The number of hydrogen-bond donors (Lipinski definition) is 3. The maximum atomic E-state index is 12.0. The van der Waals surface area contributed by atoms with E-state index in [1.54, 1.807) is 0 Å². The maximum absolute atomic E-state index is 12.0. The van der Waals surface area contributed by atoms with E-state index in [4.69, 9.17) is 21.1 Å². The van der Waals surface area contributed by atoms with Crippen molar-refractivity contribution in [2.75, 3.05) is 12.7 Å². The Balaban J connectivity index is 0.00000122. The second-order valence-corrected chi connectivity index (χ2v) is 6.52. The van der Waals surface area contributed by atoms with Crippen molar-refractivity contribution in [3.8, 4) is 0 Å². The molecule has 9 nitrogen and oxygen atoms in total. The zero-order chi connectivity index (χ0) is 16.5. The van der Waals surface area contributed by atoms with Gasteiger partial charge in [-0.2, -0.15) is 9.59 Å². The van der Waals surface area contributed by atoms with Crippen LogP contribution in [0, 0.1) is 10.1 Å². The minimum Gasteiger partial charge on any atom is -0.343 e. The first kappa shape index (κ1) is 19.1. The average molecular weight is 317 g/mol. The zero-order valence-electron chi connectivity index (χ0n) is 11.0. The summed E-state index contributed by atoms with van der Waals surface area (Å²) in [6.45, 7) is 0.298. The molecule has 0 aliphatic rings. The summed E-state index contributed by atoms with van der Waals surface area (Å²) >= 11 is 0. The van der Waals surface area contributed by atoms with Crippen molar-refractivity contribution in [2.24, 2.45) is 11.5 Å². The third kappa shape index (κ3) is 6.40. The summed E-state index contributed by atoms with van der Waals surface area (Å²) < 4.78 is 12.0. The Morgan fingerprint density at radius 3 is 2.48 bits per heavy atom. The Hall–Kier alpha value is -1.89. The van der Waals surface area contributed by atoms with Crippen molar-refractivity contribution in [1.82, 2.24) is 0 Å². The van der Waals surface area contributed by atoms with Crippen LogP contribution in [0.5, 0.6) is 0 Å². The van der Waals surface area contributed by atoms with Crippen molar-refractivity contribution < 1.29 is 24.0 Å². The molecule has 0 aliphatic heterocycles. The van der Waals surface area contributed by atoms with Gasteiger partial charge in [0.25, 0.3) is 5.69 Å². The molecule has 0 spiro atoms. The Morgan fingerprint density at radius 1 is 1.43 bits per heavy atom. The van der Waals surface area contributed by atoms with E-state index in [0.29, 0.717) is 13.0 Å². The standard InChI is InChI=1S/C10H16N3O4P.CO2/c11-5-2-6-18(16,17)10(12)8-3-1-4-9(7-8)13(14)15;2-1-3/h1,3-4,7,10H,2,5-6,11-12H2,(H,16,17);. The van der Waals surface area contributed by atoms with Gasteiger partial charge >= 0.3 is 6.15 Å². The van der Waals surface area contributed by atoms with Crippen LogP contribution in [0.15, 0.2) is 24.3 Å². The summed E-state index contributed by atoms with van der Waals surface area (Å²) in [6.07, 6.45) is 0.643. The molecule has 0 aromatic heterocycles. The number of benzene rings is 1. The molecule has 0 amide bonds. The number of non-ortho nitro benzene ring substituents is 1. The topological polar surface area (TPSA) is 167 Å². The highest BCUT2D eigenvalue weighted by Gasteiger charge is 2.29. The van der Waals surface area contributed by atoms with Crippen molar-refractivity contribution in [1.29, 1.82) is 0 Å². The van der Waals surface area contributed by atoms with Gasteiger partial charge in [0.1, 0.15) is 5.78 Å². The molecule has 0 radical (unpaired) electrons. The van der Waals surface area contributed by atoms with Gasteiger partial charge in [0, 0.05) is 18.3 Å². The smallest absolute Gasteiger partial charge is 0.343 e. The monoisotopic (exact) mass is 317 g/mol. The Morgan fingerprint density at radius 2 is 2.00 bits per heavy atom. The van der Waals surface area contributed by atoms with Crippen LogP contribution in [0.1, 0.15) is 17.8 Å². The van der Waals surface area contributed by atoms with Crippen LogP contribution in [0.2, 0.25) is 0 Å². The molecule has 0 bridgehead atoms. The van der Waals surface area contributed by atoms with E-state index in [1.165, 1.54) is 24.3 Å². The number of carbonyl (C=O) groups excluding carboxylic acids is 2. The van der Waals surface area contributed by atoms with Gasteiger partial charge < -0.3 is 16.4 Å². The number of nitrogens with two attached hydrogens (primary N) is 2. The quantitative estimate of drug-likeness (QED) is 0.389. The third-order valence-corrected chi connectivity index (χ3v) is 4.66. The van der Waals surface area contributed by atoms with E-state index in [1.807, 2.05) is 0 Å². The SMILES string of the molecule is NCCCP(=O)(O)C(N)c1cccc([N+](=O)[O-])c1.O=C=O. The fraction of sp³-hybridized carbons (Fsp3) is 0.364. The normalized spacial score (nSPS) is 14.0. The third-order valence-electron chi connectivity index (χ3n) is 2.54. The number of hydrogen-bond acceptors (Lipinski definition) is 7. The number of nitrogens with zero attached hydrogens (tertiary/aromatic N) is 1. The minimum absolute atomic E-state index is 0.00730. The first-order chi connectivity index (χ1) is 9.80. The predicted molar refractivity (Wildman–Crippen MR) is 73.4 cm³/mol. The van der Waals surface area contributed by atoms with Gasteiger partial charge in [-0.1, -0.05) is 12.1 Å². The highest BCUT2D eigenvalue weighted by molar-refractivity contribution is 7.58. The lowest BCUT2D eigenvalue weighted by molar-refractivity contribution is -0.384. The number of rotatable bonds is 6.